The van der Waals surface area contributed by atoms with Crippen LogP contribution in [0.3, 0.4) is 0 Å². The highest BCUT2D eigenvalue weighted by Gasteiger charge is 2.24. The zero-order valence-electron chi connectivity index (χ0n) is 17.2. The van der Waals surface area contributed by atoms with Crippen LogP contribution in [0.4, 0.5) is 5.69 Å². The molecule has 2 heterocycles. The Morgan fingerprint density at radius 2 is 1.76 bits per heavy atom. The summed E-state index contributed by atoms with van der Waals surface area (Å²) in [6.07, 6.45) is -0.534. The molecule has 1 aromatic heterocycles. The first kappa shape index (κ1) is 20.1. The summed E-state index contributed by atoms with van der Waals surface area (Å²) in [4.78, 5) is 4.71. The van der Waals surface area contributed by atoms with Crippen LogP contribution in [0.15, 0.2) is 42.5 Å². The zero-order chi connectivity index (χ0) is 20.5. The van der Waals surface area contributed by atoms with Gasteiger partial charge in [-0.2, -0.15) is 0 Å². The van der Waals surface area contributed by atoms with Crippen molar-refractivity contribution in [3.05, 3.63) is 58.7 Å². The van der Waals surface area contributed by atoms with Gasteiger partial charge in [-0.3, -0.25) is 4.90 Å². The maximum absolute atomic E-state index is 11.1. The second kappa shape index (κ2) is 8.27. The molecule has 2 aromatic carbocycles. The molecule has 4 rings (SSSR count). The van der Waals surface area contributed by atoms with E-state index in [2.05, 4.69) is 39.5 Å². The first-order valence-corrected chi connectivity index (χ1v) is 10.4. The molecule has 6 heteroatoms. The molecule has 0 radical (unpaired) electrons. The van der Waals surface area contributed by atoms with Gasteiger partial charge in [-0.1, -0.05) is 11.6 Å². The number of fused-ring (bicyclic) bond motifs is 1. The summed E-state index contributed by atoms with van der Waals surface area (Å²) in [5.41, 5.74) is 4.42. The van der Waals surface area contributed by atoms with Crippen molar-refractivity contribution in [2.75, 3.05) is 44.7 Å². The molecular formula is C23H28ClN3O2. The van der Waals surface area contributed by atoms with E-state index < -0.39 is 6.10 Å². The maximum atomic E-state index is 11.1. The minimum Gasteiger partial charge on any atom is -0.497 e. The minimum absolute atomic E-state index is 0.534. The lowest BCUT2D eigenvalue weighted by atomic mass is 10.0. The third-order valence-electron chi connectivity index (χ3n) is 6.08. The van der Waals surface area contributed by atoms with Gasteiger partial charge in [-0.05, 0) is 49.4 Å². The van der Waals surface area contributed by atoms with Crippen molar-refractivity contribution in [1.29, 1.82) is 0 Å². The Morgan fingerprint density at radius 1 is 1.07 bits per heavy atom. The van der Waals surface area contributed by atoms with Crippen molar-refractivity contribution in [3.63, 3.8) is 0 Å². The number of hydrogen-bond acceptors (Lipinski definition) is 4. The predicted octanol–water partition coefficient (Wildman–Crippen LogP) is 4.00. The van der Waals surface area contributed by atoms with Crippen LogP contribution in [0.25, 0.3) is 10.9 Å². The highest BCUT2D eigenvalue weighted by molar-refractivity contribution is 6.30. The van der Waals surface area contributed by atoms with E-state index >= 15 is 0 Å². The number of β-amino-alcohol motifs (C(OH)–C–C–N with tert-alkyl or cyclic N) is 1. The van der Waals surface area contributed by atoms with E-state index in [0.29, 0.717) is 6.54 Å². The molecule has 5 nitrogen and oxygen atoms in total. The molecule has 0 unspecified atom stereocenters. The summed E-state index contributed by atoms with van der Waals surface area (Å²) >= 11 is 6.00. The summed E-state index contributed by atoms with van der Waals surface area (Å²) in [6, 6.07) is 14.1. The van der Waals surface area contributed by atoms with Gasteiger partial charge in [0.25, 0.3) is 0 Å². The molecule has 0 spiro atoms. The summed E-state index contributed by atoms with van der Waals surface area (Å²) in [6.45, 7) is 6.43. The smallest absolute Gasteiger partial charge is 0.119 e. The SMILES string of the molecule is COc1ccc2c(c1)c([C@@H](O)CN1CCN(c3ccc(Cl)cc3)CC1)c(C)n2C. The van der Waals surface area contributed by atoms with E-state index in [1.165, 1.54) is 5.69 Å². The molecule has 0 aliphatic carbocycles. The van der Waals surface area contributed by atoms with Crippen LogP contribution in [-0.4, -0.2) is 54.4 Å². The molecule has 1 atom stereocenters. The van der Waals surface area contributed by atoms with Gasteiger partial charge < -0.3 is 19.3 Å². The number of ether oxygens (including phenoxy) is 1. The van der Waals surface area contributed by atoms with Crippen molar-refractivity contribution in [3.8, 4) is 5.75 Å². The standard InChI is InChI=1S/C23H28ClN3O2/c1-16-23(20-14-19(29-3)8-9-21(20)25(16)2)22(28)15-26-10-12-27(13-11-26)18-6-4-17(24)5-7-18/h4-9,14,22,28H,10-13,15H2,1-3H3/t22-/m0/s1. The van der Waals surface area contributed by atoms with Crippen LogP contribution in [0.2, 0.25) is 5.02 Å². The predicted molar refractivity (Wildman–Crippen MR) is 119 cm³/mol. The quantitative estimate of drug-likeness (QED) is 0.686. The average Bonchev–Trinajstić information content (AvgIpc) is 2.99. The number of aryl methyl sites for hydroxylation is 1. The third kappa shape index (κ3) is 3.95. The summed E-state index contributed by atoms with van der Waals surface area (Å²) in [5, 5.41) is 12.9. The summed E-state index contributed by atoms with van der Waals surface area (Å²) in [7, 11) is 3.72. The molecule has 0 amide bonds. The molecule has 1 fully saturated rings. The topological polar surface area (TPSA) is 40.9 Å². The van der Waals surface area contributed by atoms with Gasteiger partial charge in [0.1, 0.15) is 5.75 Å². The van der Waals surface area contributed by atoms with Gasteiger partial charge in [-0.25, -0.2) is 0 Å². The first-order valence-electron chi connectivity index (χ1n) is 10.0. The number of anilines is 1. The van der Waals surface area contributed by atoms with Crippen molar-refractivity contribution in [2.45, 2.75) is 13.0 Å². The second-order valence-corrected chi connectivity index (χ2v) is 8.16. The number of rotatable bonds is 5. The Morgan fingerprint density at radius 3 is 2.41 bits per heavy atom. The molecule has 0 bridgehead atoms. The fraction of sp³-hybridized carbons (Fsp3) is 0.391. The third-order valence-corrected chi connectivity index (χ3v) is 6.33. The van der Waals surface area contributed by atoms with Crippen molar-refractivity contribution in [2.24, 2.45) is 7.05 Å². The monoisotopic (exact) mass is 413 g/mol. The summed E-state index contributed by atoms with van der Waals surface area (Å²) in [5.74, 6) is 0.813. The van der Waals surface area contributed by atoms with Crippen LogP contribution in [0.1, 0.15) is 17.4 Å². The highest BCUT2D eigenvalue weighted by Crippen LogP contribution is 2.33. The Labute approximate surface area is 177 Å². The van der Waals surface area contributed by atoms with E-state index in [9.17, 15) is 5.11 Å². The maximum Gasteiger partial charge on any atom is 0.119 e. The van der Waals surface area contributed by atoms with E-state index in [4.69, 9.17) is 16.3 Å². The molecule has 29 heavy (non-hydrogen) atoms. The Balaban J connectivity index is 1.47. The van der Waals surface area contributed by atoms with Gasteiger partial charge in [0.05, 0.1) is 13.2 Å². The van der Waals surface area contributed by atoms with Gasteiger partial charge in [0, 0.05) is 72.6 Å². The number of hydrogen-bond donors (Lipinski definition) is 1. The normalized spacial score (nSPS) is 16.4. The number of aliphatic hydroxyl groups excluding tert-OH is 1. The number of piperazine rings is 1. The molecule has 1 aliphatic heterocycles. The van der Waals surface area contributed by atoms with E-state index in [1.54, 1.807) is 7.11 Å². The lowest BCUT2D eigenvalue weighted by molar-refractivity contribution is 0.110. The van der Waals surface area contributed by atoms with Gasteiger partial charge >= 0.3 is 0 Å². The zero-order valence-corrected chi connectivity index (χ0v) is 18.0. The average molecular weight is 414 g/mol. The van der Waals surface area contributed by atoms with Crippen LogP contribution in [0.5, 0.6) is 5.75 Å². The largest absolute Gasteiger partial charge is 0.497 e. The second-order valence-electron chi connectivity index (χ2n) is 7.72. The van der Waals surface area contributed by atoms with Crippen LogP contribution < -0.4 is 9.64 Å². The Bertz CT molecular complexity index is 992. The van der Waals surface area contributed by atoms with Crippen molar-refractivity contribution < 1.29 is 9.84 Å². The fourth-order valence-electron chi connectivity index (χ4n) is 4.30. The van der Waals surface area contributed by atoms with E-state index in [1.807, 2.05) is 31.3 Å². The van der Waals surface area contributed by atoms with Crippen molar-refractivity contribution >= 4 is 28.2 Å². The molecule has 1 saturated heterocycles. The lowest BCUT2D eigenvalue weighted by Gasteiger charge is -2.37. The Kier molecular flexibility index (Phi) is 5.72. The van der Waals surface area contributed by atoms with E-state index in [-0.39, 0.29) is 0 Å². The van der Waals surface area contributed by atoms with Crippen LogP contribution in [0, 0.1) is 6.92 Å². The van der Waals surface area contributed by atoms with Gasteiger partial charge in [0.15, 0.2) is 0 Å². The number of methoxy groups -OCH3 is 1. The van der Waals surface area contributed by atoms with Crippen LogP contribution in [-0.2, 0) is 7.05 Å². The number of aromatic nitrogens is 1. The summed E-state index contributed by atoms with van der Waals surface area (Å²) < 4.78 is 7.55. The molecule has 3 aromatic rings. The molecular weight excluding hydrogens is 386 g/mol. The van der Waals surface area contributed by atoms with E-state index in [0.717, 1.165) is 59.1 Å². The molecule has 1 aliphatic rings. The Hall–Kier alpha value is -2.21. The number of nitrogens with zero attached hydrogens (tertiary/aromatic N) is 3. The lowest BCUT2D eigenvalue weighted by Crippen LogP contribution is -2.47. The molecule has 0 saturated carbocycles. The van der Waals surface area contributed by atoms with Crippen LogP contribution >= 0.6 is 11.6 Å². The highest BCUT2D eigenvalue weighted by atomic mass is 35.5. The fourth-order valence-corrected chi connectivity index (χ4v) is 4.43. The van der Waals surface area contributed by atoms with Gasteiger partial charge in [-0.15, -0.1) is 0 Å². The molecule has 154 valence electrons. The minimum atomic E-state index is -0.534. The van der Waals surface area contributed by atoms with Gasteiger partial charge in [0.2, 0.25) is 0 Å². The van der Waals surface area contributed by atoms with Crippen molar-refractivity contribution in [1.82, 2.24) is 9.47 Å². The number of benzene rings is 2. The number of aliphatic hydroxyl groups is 1. The number of halogens is 1. The molecule has 1 N–H and O–H groups in total. The first-order chi connectivity index (χ1) is 14.0.